The van der Waals surface area contributed by atoms with Crippen LogP contribution in [0.25, 0.3) is 0 Å². The van der Waals surface area contributed by atoms with E-state index in [1.165, 1.54) is 11.1 Å². The molecule has 1 aliphatic heterocycles. The van der Waals surface area contributed by atoms with E-state index < -0.39 is 0 Å². The maximum absolute atomic E-state index is 4.88. The molecule has 0 bridgehead atoms. The van der Waals surface area contributed by atoms with Crippen molar-refractivity contribution in [2.45, 2.75) is 46.1 Å². The van der Waals surface area contributed by atoms with Gasteiger partial charge in [0.15, 0.2) is 5.17 Å². The lowest BCUT2D eigenvalue weighted by molar-refractivity contribution is 0.443. The third kappa shape index (κ3) is 3.54. The van der Waals surface area contributed by atoms with E-state index in [4.69, 9.17) is 4.99 Å². The highest BCUT2D eigenvalue weighted by Gasteiger charge is 2.26. The number of thioether (sulfide) groups is 1. The monoisotopic (exact) mass is 340 g/mol. The van der Waals surface area contributed by atoms with Gasteiger partial charge in [-0.25, -0.2) is 0 Å². The van der Waals surface area contributed by atoms with Gasteiger partial charge in [0.25, 0.3) is 0 Å². The molecule has 0 amide bonds. The Kier molecular flexibility index (Phi) is 4.62. The summed E-state index contributed by atoms with van der Waals surface area (Å²) in [6.45, 7) is 8.70. The van der Waals surface area contributed by atoms with Crippen molar-refractivity contribution in [3.05, 3.63) is 27.7 Å². The van der Waals surface area contributed by atoms with Crippen LogP contribution in [0.2, 0.25) is 0 Å². The highest BCUT2D eigenvalue weighted by molar-refractivity contribution is 9.10. The van der Waals surface area contributed by atoms with E-state index in [0.29, 0.717) is 0 Å². The molecule has 2 nitrogen and oxygen atoms in total. The number of benzene rings is 1. The summed E-state index contributed by atoms with van der Waals surface area (Å²) in [5.74, 6) is 1.14. The summed E-state index contributed by atoms with van der Waals surface area (Å²) in [6.07, 6.45) is 2.25. The minimum absolute atomic E-state index is 0.0959. The Morgan fingerprint density at radius 2 is 2.16 bits per heavy atom. The van der Waals surface area contributed by atoms with Crippen molar-refractivity contribution in [3.8, 4) is 0 Å². The average Bonchev–Trinajstić information content (AvgIpc) is 2.34. The zero-order valence-corrected chi connectivity index (χ0v) is 14.4. The molecule has 1 heterocycles. The summed E-state index contributed by atoms with van der Waals surface area (Å²) in [6, 6.07) is 4.34. The van der Waals surface area contributed by atoms with Crippen LogP contribution in [0.4, 0.5) is 5.69 Å². The van der Waals surface area contributed by atoms with Crippen LogP contribution in [0.15, 0.2) is 21.6 Å². The average molecular weight is 341 g/mol. The van der Waals surface area contributed by atoms with Crippen molar-refractivity contribution < 1.29 is 0 Å². The van der Waals surface area contributed by atoms with Crippen LogP contribution in [0.1, 0.15) is 37.8 Å². The number of aryl methyl sites for hydroxylation is 2. The maximum Gasteiger partial charge on any atom is 0.161 e. The van der Waals surface area contributed by atoms with Crippen molar-refractivity contribution in [2.75, 3.05) is 11.1 Å². The van der Waals surface area contributed by atoms with E-state index in [2.05, 4.69) is 61.1 Å². The van der Waals surface area contributed by atoms with Crippen molar-refractivity contribution >= 4 is 38.5 Å². The van der Waals surface area contributed by atoms with Crippen molar-refractivity contribution in [1.29, 1.82) is 0 Å². The Balaban J connectivity index is 2.27. The minimum atomic E-state index is 0.0959. The van der Waals surface area contributed by atoms with Gasteiger partial charge in [-0.2, -0.15) is 0 Å². The molecule has 19 heavy (non-hydrogen) atoms. The molecular weight excluding hydrogens is 320 g/mol. The van der Waals surface area contributed by atoms with Crippen LogP contribution in [0.5, 0.6) is 0 Å². The summed E-state index contributed by atoms with van der Waals surface area (Å²) < 4.78 is 1.11. The lowest BCUT2D eigenvalue weighted by Gasteiger charge is -2.29. The predicted octanol–water partition coefficient (Wildman–Crippen LogP) is 5.14. The van der Waals surface area contributed by atoms with Gasteiger partial charge in [-0.05, 0) is 66.7 Å². The van der Waals surface area contributed by atoms with Crippen molar-refractivity contribution in [1.82, 2.24) is 0 Å². The molecular formula is C15H21BrN2S. The summed E-state index contributed by atoms with van der Waals surface area (Å²) in [7, 11) is 0. The molecule has 4 heteroatoms. The second-order valence-electron chi connectivity index (χ2n) is 5.43. The van der Waals surface area contributed by atoms with Gasteiger partial charge in [-0.1, -0.05) is 24.8 Å². The fraction of sp³-hybridized carbons (Fsp3) is 0.533. The first-order valence-electron chi connectivity index (χ1n) is 6.70. The number of nitrogens with one attached hydrogen (secondary N) is 1. The normalized spacial score (nSPS) is 23.1. The first kappa shape index (κ1) is 14.9. The number of amidine groups is 1. The first-order valence-corrected chi connectivity index (χ1v) is 8.48. The maximum atomic E-state index is 4.88. The van der Waals surface area contributed by atoms with Gasteiger partial charge in [0.2, 0.25) is 0 Å². The second-order valence-corrected chi connectivity index (χ2v) is 7.37. The molecule has 1 unspecified atom stereocenters. The Morgan fingerprint density at radius 1 is 1.42 bits per heavy atom. The molecule has 0 spiro atoms. The van der Waals surface area contributed by atoms with Crippen LogP contribution in [-0.4, -0.2) is 16.5 Å². The highest BCUT2D eigenvalue weighted by atomic mass is 79.9. The van der Waals surface area contributed by atoms with E-state index in [9.17, 15) is 0 Å². The Hall–Kier alpha value is -0.480. The molecule has 0 aromatic heterocycles. The number of anilines is 1. The molecule has 1 N–H and O–H groups in total. The number of nitrogens with zero attached hydrogens (tertiary/aromatic N) is 1. The molecule has 0 saturated carbocycles. The van der Waals surface area contributed by atoms with Gasteiger partial charge in [0.05, 0.1) is 11.2 Å². The van der Waals surface area contributed by atoms with Crippen molar-refractivity contribution in [2.24, 2.45) is 4.99 Å². The summed E-state index contributed by atoms with van der Waals surface area (Å²) in [5.41, 5.74) is 3.75. The largest absolute Gasteiger partial charge is 0.334 e. The number of rotatable bonds is 2. The smallest absolute Gasteiger partial charge is 0.161 e. The molecule has 0 radical (unpaired) electrons. The summed E-state index contributed by atoms with van der Waals surface area (Å²) in [4.78, 5) is 4.88. The minimum Gasteiger partial charge on any atom is -0.334 e. The van der Waals surface area contributed by atoms with Gasteiger partial charge in [0.1, 0.15) is 0 Å². The summed E-state index contributed by atoms with van der Waals surface area (Å²) in [5, 5.41) is 4.54. The molecule has 1 atom stereocenters. The van der Waals surface area contributed by atoms with Crippen LogP contribution in [0, 0.1) is 13.8 Å². The lowest BCUT2D eigenvalue weighted by atomic mass is 9.97. The standard InChI is InChI=1S/C15H21BrN2S/c1-5-15(4)6-7-19-14(18-15)17-13-11(3)8-10(2)9-12(13)16/h8-9H,5-7H2,1-4H3,(H,17,18). The van der Waals surface area contributed by atoms with E-state index in [1.54, 1.807) is 0 Å². The third-order valence-corrected chi connectivity index (χ3v) is 5.18. The number of hydrogen-bond acceptors (Lipinski definition) is 3. The van der Waals surface area contributed by atoms with Crippen LogP contribution < -0.4 is 5.32 Å². The van der Waals surface area contributed by atoms with E-state index in [1.807, 2.05) is 11.8 Å². The molecule has 2 rings (SSSR count). The molecule has 1 aliphatic rings. The fourth-order valence-corrected chi connectivity index (χ4v) is 4.17. The lowest BCUT2D eigenvalue weighted by Crippen LogP contribution is -2.29. The van der Waals surface area contributed by atoms with Crippen molar-refractivity contribution in [3.63, 3.8) is 0 Å². The molecule has 0 aliphatic carbocycles. The quantitative estimate of drug-likeness (QED) is 0.805. The zero-order valence-electron chi connectivity index (χ0n) is 12.0. The Morgan fingerprint density at radius 3 is 2.79 bits per heavy atom. The molecule has 1 aromatic rings. The molecule has 1 aromatic carbocycles. The van der Waals surface area contributed by atoms with Gasteiger partial charge in [-0.15, -0.1) is 0 Å². The number of hydrogen-bond donors (Lipinski definition) is 1. The first-order chi connectivity index (χ1) is 8.93. The van der Waals surface area contributed by atoms with Crippen LogP contribution >= 0.6 is 27.7 Å². The zero-order chi connectivity index (χ0) is 14.0. The highest BCUT2D eigenvalue weighted by Crippen LogP contribution is 2.33. The van der Waals surface area contributed by atoms with Gasteiger partial charge >= 0.3 is 0 Å². The number of halogens is 1. The molecule has 0 fully saturated rings. The Bertz CT molecular complexity index is 490. The van der Waals surface area contributed by atoms with Gasteiger partial charge < -0.3 is 5.32 Å². The second kappa shape index (κ2) is 5.88. The molecule has 104 valence electrons. The topological polar surface area (TPSA) is 24.4 Å². The van der Waals surface area contributed by atoms with E-state index in [0.717, 1.165) is 33.9 Å². The van der Waals surface area contributed by atoms with E-state index in [-0.39, 0.29) is 5.54 Å². The van der Waals surface area contributed by atoms with Gasteiger partial charge in [-0.3, -0.25) is 4.99 Å². The molecule has 0 saturated heterocycles. The summed E-state index contributed by atoms with van der Waals surface area (Å²) >= 11 is 5.46. The van der Waals surface area contributed by atoms with Crippen LogP contribution in [-0.2, 0) is 0 Å². The fourth-order valence-electron chi connectivity index (χ4n) is 2.20. The SMILES string of the molecule is CCC1(C)CCSC(Nc2c(C)cc(C)cc2Br)=N1. The van der Waals surface area contributed by atoms with Gasteiger partial charge in [0, 0.05) is 10.2 Å². The van der Waals surface area contributed by atoms with Crippen LogP contribution in [0.3, 0.4) is 0 Å². The predicted molar refractivity (Wildman–Crippen MR) is 90.4 cm³/mol. The third-order valence-electron chi connectivity index (χ3n) is 3.68. The number of aliphatic imine (C=N–C) groups is 1. The van der Waals surface area contributed by atoms with E-state index >= 15 is 0 Å². The Labute approximate surface area is 128 Å².